The molecule has 4 fully saturated rings. The van der Waals surface area contributed by atoms with E-state index >= 15 is 0 Å². The number of hydrogen-bond donors (Lipinski definition) is 0. The zero-order chi connectivity index (χ0) is 30.5. The maximum absolute atomic E-state index is 13.9. The predicted molar refractivity (Wildman–Crippen MR) is 175 cm³/mol. The predicted octanol–water partition coefficient (Wildman–Crippen LogP) is 7.19. The van der Waals surface area contributed by atoms with Gasteiger partial charge in [-0.05, 0) is 92.1 Å². The van der Waals surface area contributed by atoms with Crippen LogP contribution in [0.1, 0.15) is 119 Å². The first-order valence-corrected chi connectivity index (χ1v) is 20.1. The van der Waals surface area contributed by atoms with E-state index in [1.54, 1.807) is 4.90 Å². The third-order valence-corrected chi connectivity index (χ3v) is 16.0. The minimum absolute atomic E-state index is 0.0705. The van der Waals surface area contributed by atoms with Crippen LogP contribution in [-0.2, 0) is 22.7 Å². The zero-order valence-electron chi connectivity index (χ0n) is 27.6. The Labute approximate surface area is 259 Å². The molecule has 0 radical (unpaired) electrons. The molecule has 7 nitrogen and oxygen atoms in total. The Bertz CT molecular complexity index is 1340. The highest BCUT2D eigenvalue weighted by Crippen LogP contribution is 2.43. The number of nitrogens with zero attached hydrogens (tertiary/aromatic N) is 4. The van der Waals surface area contributed by atoms with Crippen molar-refractivity contribution in [2.24, 2.45) is 13.0 Å². The van der Waals surface area contributed by atoms with Gasteiger partial charge in [0, 0.05) is 32.3 Å². The molecule has 236 valence electrons. The minimum Gasteiger partial charge on any atom is -0.414 e. The standard InChI is InChI=1S/C35H54N4O3Si/c1-35(2,3)43(5,6)42-29-16-14-28(15-17-29)39-19-18-38(23-31(39)40)34(41)33-36-32-27(20-24-10-8-7-9-11-24)21-26(25-12-13-25)22-30(32)37(33)4/h21-22,24-25,28-29H,7-20,23H2,1-6H3/t28-,29-. The van der Waals surface area contributed by atoms with E-state index in [0.717, 1.165) is 43.1 Å². The summed E-state index contributed by atoms with van der Waals surface area (Å²) in [6, 6.07) is 4.92. The molecule has 0 N–H and O–H groups in total. The molecule has 2 aromatic rings. The van der Waals surface area contributed by atoms with Crippen molar-refractivity contribution >= 4 is 31.2 Å². The van der Waals surface area contributed by atoms with Gasteiger partial charge in [-0.1, -0.05) is 58.9 Å². The number of carbonyl (C=O) groups is 2. The molecule has 0 spiro atoms. The second-order valence-electron chi connectivity index (χ2n) is 15.6. The van der Waals surface area contributed by atoms with Crippen LogP contribution in [0.4, 0.5) is 0 Å². The number of amides is 2. The Kier molecular flexibility index (Phi) is 8.57. The molecule has 43 heavy (non-hydrogen) atoms. The first kappa shape index (κ1) is 30.8. The van der Waals surface area contributed by atoms with Gasteiger partial charge in [0.05, 0.1) is 11.0 Å². The molecule has 3 aliphatic carbocycles. The highest BCUT2D eigenvalue weighted by atomic mass is 28.4. The van der Waals surface area contributed by atoms with Crippen molar-refractivity contribution in [2.75, 3.05) is 19.6 Å². The van der Waals surface area contributed by atoms with Crippen LogP contribution < -0.4 is 0 Å². The molecule has 1 aromatic heterocycles. The Morgan fingerprint density at radius 3 is 2.30 bits per heavy atom. The van der Waals surface area contributed by atoms with E-state index in [2.05, 4.69) is 46.0 Å². The zero-order valence-corrected chi connectivity index (χ0v) is 28.6. The van der Waals surface area contributed by atoms with E-state index in [4.69, 9.17) is 9.41 Å². The lowest BCUT2D eigenvalue weighted by Gasteiger charge is -2.44. The normalized spacial score (nSPS) is 24.7. The summed E-state index contributed by atoms with van der Waals surface area (Å²) < 4.78 is 8.68. The average molecular weight is 607 g/mol. The van der Waals surface area contributed by atoms with E-state index in [9.17, 15) is 9.59 Å². The van der Waals surface area contributed by atoms with Gasteiger partial charge in [-0.15, -0.1) is 0 Å². The van der Waals surface area contributed by atoms with Crippen LogP contribution in [0.2, 0.25) is 18.1 Å². The second-order valence-corrected chi connectivity index (χ2v) is 20.4. The third-order valence-electron chi connectivity index (χ3n) is 11.5. The van der Waals surface area contributed by atoms with Gasteiger partial charge in [-0.3, -0.25) is 9.59 Å². The van der Waals surface area contributed by atoms with Crippen LogP contribution in [0, 0.1) is 5.92 Å². The molecule has 2 heterocycles. The van der Waals surface area contributed by atoms with Crippen molar-refractivity contribution in [3.63, 3.8) is 0 Å². The van der Waals surface area contributed by atoms with Gasteiger partial charge < -0.3 is 18.8 Å². The first-order valence-electron chi connectivity index (χ1n) is 17.2. The molecule has 6 rings (SSSR count). The Hall–Kier alpha value is -2.19. The molecule has 0 unspecified atom stereocenters. The van der Waals surface area contributed by atoms with Gasteiger partial charge in [0.25, 0.3) is 5.91 Å². The van der Waals surface area contributed by atoms with Crippen LogP contribution in [0.15, 0.2) is 12.1 Å². The Morgan fingerprint density at radius 2 is 1.67 bits per heavy atom. The summed E-state index contributed by atoms with van der Waals surface area (Å²) in [6.07, 6.45) is 14.5. The summed E-state index contributed by atoms with van der Waals surface area (Å²) in [4.78, 5) is 36.1. The number of imidazole rings is 1. The molecular weight excluding hydrogens is 552 g/mol. The van der Waals surface area contributed by atoms with E-state index in [-0.39, 0.29) is 29.4 Å². The molecule has 2 amide bonds. The van der Waals surface area contributed by atoms with Crippen molar-refractivity contribution in [2.45, 2.75) is 134 Å². The highest BCUT2D eigenvalue weighted by molar-refractivity contribution is 6.74. The van der Waals surface area contributed by atoms with Gasteiger partial charge >= 0.3 is 0 Å². The van der Waals surface area contributed by atoms with Crippen LogP contribution in [0.25, 0.3) is 11.0 Å². The lowest BCUT2D eigenvalue weighted by atomic mass is 9.84. The van der Waals surface area contributed by atoms with E-state index < -0.39 is 8.32 Å². The smallest absolute Gasteiger partial charge is 0.290 e. The number of carbonyl (C=O) groups excluding carboxylic acids is 2. The van der Waals surface area contributed by atoms with Crippen LogP contribution >= 0.6 is 0 Å². The summed E-state index contributed by atoms with van der Waals surface area (Å²) in [5.74, 6) is 1.79. The number of aryl methyl sites for hydroxylation is 1. The third kappa shape index (κ3) is 6.47. The molecule has 0 bridgehead atoms. The van der Waals surface area contributed by atoms with Crippen molar-refractivity contribution < 1.29 is 14.0 Å². The molecular formula is C35H54N4O3Si. The fraction of sp³-hybridized carbons (Fsp3) is 0.743. The molecule has 1 aromatic carbocycles. The number of hydrogen-bond acceptors (Lipinski definition) is 4. The van der Waals surface area contributed by atoms with Gasteiger partial charge in [0.1, 0.15) is 6.54 Å². The van der Waals surface area contributed by atoms with Crippen molar-refractivity contribution in [3.8, 4) is 0 Å². The van der Waals surface area contributed by atoms with Crippen LogP contribution in [0.5, 0.6) is 0 Å². The Morgan fingerprint density at radius 1 is 0.977 bits per heavy atom. The maximum atomic E-state index is 13.9. The van der Waals surface area contributed by atoms with Gasteiger partial charge in [-0.25, -0.2) is 4.98 Å². The molecule has 1 saturated heterocycles. The van der Waals surface area contributed by atoms with Gasteiger partial charge in [0.2, 0.25) is 5.91 Å². The largest absolute Gasteiger partial charge is 0.414 e. The highest BCUT2D eigenvalue weighted by Gasteiger charge is 2.41. The SMILES string of the molecule is Cn1c(C(=O)N2CCN([C@H]3CC[C@H](O[Si](C)(C)C(C)(C)C)CC3)C(=O)C2)nc2c(CC3CCCCC3)cc(C3CC3)cc21. The number of piperazine rings is 1. The van der Waals surface area contributed by atoms with Crippen molar-refractivity contribution in [1.82, 2.24) is 19.4 Å². The minimum atomic E-state index is -1.79. The van der Waals surface area contributed by atoms with Gasteiger partial charge in [-0.2, -0.15) is 0 Å². The van der Waals surface area contributed by atoms with E-state index in [0.29, 0.717) is 36.9 Å². The average Bonchev–Trinajstić information content (AvgIpc) is 3.76. The van der Waals surface area contributed by atoms with Crippen molar-refractivity contribution in [3.05, 3.63) is 29.1 Å². The summed E-state index contributed by atoms with van der Waals surface area (Å²) in [6.45, 7) is 12.8. The summed E-state index contributed by atoms with van der Waals surface area (Å²) in [5, 5.41) is 0.207. The molecule has 4 aliphatic rings. The molecule has 8 heteroatoms. The lowest BCUT2D eigenvalue weighted by molar-refractivity contribution is -0.138. The van der Waals surface area contributed by atoms with Crippen LogP contribution in [-0.4, -0.2) is 71.3 Å². The summed E-state index contributed by atoms with van der Waals surface area (Å²) in [5.41, 5.74) is 4.78. The molecule has 0 atom stereocenters. The second kappa shape index (κ2) is 12.0. The van der Waals surface area contributed by atoms with E-state index in [1.807, 2.05) is 16.5 Å². The number of aromatic nitrogens is 2. The van der Waals surface area contributed by atoms with Crippen LogP contribution in [0.3, 0.4) is 0 Å². The maximum Gasteiger partial charge on any atom is 0.290 e. The Balaban J connectivity index is 1.12. The van der Waals surface area contributed by atoms with Crippen molar-refractivity contribution in [1.29, 1.82) is 0 Å². The fourth-order valence-electron chi connectivity index (χ4n) is 7.54. The first-order chi connectivity index (χ1) is 20.4. The lowest BCUT2D eigenvalue weighted by Crippen LogP contribution is -2.56. The number of fused-ring (bicyclic) bond motifs is 1. The quantitative estimate of drug-likeness (QED) is 0.313. The fourth-order valence-corrected chi connectivity index (χ4v) is 8.96. The number of rotatable bonds is 7. The summed E-state index contributed by atoms with van der Waals surface area (Å²) in [7, 11) is 0.186. The topological polar surface area (TPSA) is 67.7 Å². The number of benzene rings is 1. The van der Waals surface area contributed by atoms with E-state index in [1.165, 1.54) is 56.1 Å². The molecule has 1 aliphatic heterocycles. The molecule has 3 saturated carbocycles. The summed E-state index contributed by atoms with van der Waals surface area (Å²) >= 11 is 0. The van der Waals surface area contributed by atoms with Gasteiger partial charge in [0.15, 0.2) is 14.1 Å². The monoisotopic (exact) mass is 606 g/mol.